The molecule has 0 spiro atoms. The Morgan fingerprint density at radius 1 is 1.17 bits per heavy atom. The molecule has 0 radical (unpaired) electrons. The van der Waals surface area contributed by atoms with Gasteiger partial charge in [0.05, 0.1) is 29.4 Å². The van der Waals surface area contributed by atoms with Crippen molar-refractivity contribution < 1.29 is 23.4 Å². The van der Waals surface area contributed by atoms with Crippen LogP contribution >= 0.6 is 23.1 Å². The van der Waals surface area contributed by atoms with Crippen molar-refractivity contribution in [1.29, 1.82) is 0 Å². The molecule has 35 heavy (non-hydrogen) atoms. The highest BCUT2D eigenvalue weighted by atomic mass is 32.2. The lowest BCUT2D eigenvalue weighted by Gasteiger charge is -2.19. The van der Waals surface area contributed by atoms with Gasteiger partial charge in [-0.15, -0.1) is 11.3 Å². The van der Waals surface area contributed by atoms with Crippen LogP contribution in [0.1, 0.15) is 34.3 Å². The lowest BCUT2D eigenvalue weighted by atomic mass is 10.0. The van der Waals surface area contributed by atoms with Crippen molar-refractivity contribution >= 4 is 34.1 Å². The summed E-state index contributed by atoms with van der Waals surface area (Å²) in [5, 5.41) is 2.86. The van der Waals surface area contributed by atoms with Gasteiger partial charge in [0.1, 0.15) is 29.4 Å². The van der Waals surface area contributed by atoms with Crippen molar-refractivity contribution in [1.82, 2.24) is 14.6 Å². The Balaban J connectivity index is 1.26. The SMILES string of the molecule is COc1cc(OCc2nc(C3CCOCC3)sc2C)c2cc(-c3cn4c(n3)SC(OC)N4)oc2c1. The van der Waals surface area contributed by atoms with Crippen LogP contribution < -0.4 is 14.9 Å². The van der Waals surface area contributed by atoms with Gasteiger partial charge in [0.2, 0.25) is 0 Å². The van der Waals surface area contributed by atoms with Crippen LogP contribution in [0.5, 0.6) is 11.5 Å². The average molecular weight is 515 g/mol. The summed E-state index contributed by atoms with van der Waals surface area (Å²) in [4.78, 5) is 10.8. The molecule has 2 aliphatic rings. The number of hydrogen-bond donors (Lipinski definition) is 1. The fourth-order valence-corrected chi connectivity index (χ4v) is 6.21. The van der Waals surface area contributed by atoms with E-state index in [-0.39, 0.29) is 5.56 Å². The standard InChI is InChI=1S/C24H26N4O5S2/c1-13-18(25-22(34-13)14-4-6-31-7-5-14)12-32-19-8-15(29-2)9-20-16(19)10-21(33-20)17-11-28-23(26-17)35-24(27-28)30-3/h8-11,14,24,27H,4-7,12H2,1-3H3. The minimum atomic E-state index is -0.146. The first-order chi connectivity index (χ1) is 17.1. The van der Waals surface area contributed by atoms with Gasteiger partial charge < -0.3 is 23.4 Å². The summed E-state index contributed by atoms with van der Waals surface area (Å²) in [5.41, 5.74) is 5.43. The van der Waals surface area contributed by atoms with E-state index in [1.165, 1.54) is 21.6 Å². The molecule has 184 valence electrons. The molecule has 0 saturated carbocycles. The minimum absolute atomic E-state index is 0.146. The highest BCUT2D eigenvalue weighted by Gasteiger charge is 2.25. The third-order valence-electron chi connectivity index (χ3n) is 6.25. The first-order valence-electron chi connectivity index (χ1n) is 11.5. The molecule has 0 aliphatic carbocycles. The minimum Gasteiger partial charge on any atom is -0.496 e. The highest BCUT2D eigenvalue weighted by Crippen LogP contribution is 2.39. The number of methoxy groups -OCH3 is 2. The normalized spacial score (nSPS) is 18.1. The number of thioether (sulfide) groups is 1. The fraction of sp³-hybridized carbons (Fsp3) is 0.417. The third kappa shape index (κ3) is 4.37. The fourth-order valence-electron chi connectivity index (χ4n) is 4.29. The van der Waals surface area contributed by atoms with E-state index in [1.807, 2.05) is 29.1 Å². The Bertz CT molecular complexity index is 1330. The number of nitrogens with one attached hydrogen (secondary N) is 1. The number of furan rings is 1. The van der Waals surface area contributed by atoms with Gasteiger partial charge >= 0.3 is 0 Å². The average Bonchev–Trinajstić information content (AvgIpc) is 3.64. The summed E-state index contributed by atoms with van der Waals surface area (Å²) in [7, 11) is 3.29. The summed E-state index contributed by atoms with van der Waals surface area (Å²) < 4.78 is 30.6. The third-order valence-corrected chi connectivity index (χ3v) is 8.44. The second kappa shape index (κ2) is 9.38. The van der Waals surface area contributed by atoms with Gasteiger partial charge in [-0.05, 0) is 37.6 Å². The number of benzene rings is 1. The number of thiazole rings is 1. The van der Waals surface area contributed by atoms with Gasteiger partial charge in [0.25, 0.3) is 0 Å². The maximum atomic E-state index is 6.29. The van der Waals surface area contributed by atoms with E-state index in [2.05, 4.69) is 17.3 Å². The molecule has 0 amide bonds. The molecule has 1 atom stereocenters. The summed E-state index contributed by atoms with van der Waals surface area (Å²) in [6.07, 6.45) is 3.95. The molecular weight excluding hydrogens is 488 g/mol. The Kier molecular flexibility index (Phi) is 6.09. The zero-order valence-electron chi connectivity index (χ0n) is 19.7. The molecule has 0 bridgehead atoms. The molecule has 3 aromatic heterocycles. The van der Waals surface area contributed by atoms with Gasteiger partial charge in [0.15, 0.2) is 16.5 Å². The van der Waals surface area contributed by atoms with Crippen molar-refractivity contribution in [3.8, 4) is 23.0 Å². The number of aryl methyl sites for hydroxylation is 1. The van der Waals surface area contributed by atoms with Crippen molar-refractivity contribution in [3.05, 3.63) is 40.0 Å². The van der Waals surface area contributed by atoms with Crippen molar-refractivity contribution in [2.75, 3.05) is 32.9 Å². The molecule has 11 heteroatoms. The van der Waals surface area contributed by atoms with E-state index >= 15 is 0 Å². The number of ether oxygens (including phenoxy) is 4. The van der Waals surface area contributed by atoms with Gasteiger partial charge in [-0.3, -0.25) is 5.43 Å². The summed E-state index contributed by atoms with van der Waals surface area (Å²) in [5.74, 6) is 2.49. The van der Waals surface area contributed by atoms with Crippen LogP contribution in [0.25, 0.3) is 22.4 Å². The molecular formula is C24H26N4O5S2. The lowest BCUT2D eigenvalue weighted by Crippen LogP contribution is -2.19. The van der Waals surface area contributed by atoms with E-state index in [9.17, 15) is 0 Å². The van der Waals surface area contributed by atoms with Crippen LogP contribution in [0, 0.1) is 6.92 Å². The van der Waals surface area contributed by atoms with Crippen LogP contribution in [0.3, 0.4) is 0 Å². The van der Waals surface area contributed by atoms with Crippen molar-refractivity contribution in [3.63, 3.8) is 0 Å². The van der Waals surface area contributed by atoms with Gasteiger partial charge in [-0.1, -0.05) is 0 Å². The molecule has 5 heterocycles. The maximum absolute atomic E-state index is 6.29. The van der Waals surface area contributed by atoms with Crippen LogP contribution in [0.4, 0.5) is 0 Å². The molecule has 2 aliphatic heterocycles. The van der Waals surface area contributed by atoms with Crippen LogP contribution in [0.15, 0.2) is 34.0 Å². The quantitative estimate of drug-likeness (QED) is 0.361. The Morgan fingerprint density at radius 3 is 2.80 bits per heavy atom. The topological polar surface area (TPSA) is 92.8 Å². The molecule has 1 aromatic carbocycles. The van der Waals surface area contributed by atoms with Gasteiger partial charge in [-0.2, -0.15) is 0 Å². The first-order valence-corrected chi connectivity index (χ1v) is 13.1. The van der Waals surface area contributed by atoms with Gasteiger partial charge in [0, 0.05) is 43.3 Å². The Labute approximate surface area is 210 Å². The molecule has 1 unspecified atom stereocenters. The number of nitrogens with zero attached hydrogens (tertiary/aromatic N) is 3. The number of imidazole rings is 1. The molecule has 9 nitrogen and oxygen atoms in total. The largest absolute Gasteiger partial charge is 0.496 e. The smallest absolute Gasteiger partial charge is 0.196 e. The lowest BCUT2D eigenvalue weighted by molar-refractivity contribution is 0.0852. The van der Waals surface area contributed by atoms with E-state index < -0.39 is 0 Å². The van der Waals surface area contributed by atoms with Crippen molar-refractivity contribution in [2.45, 2.75) is 43.0 Å². The number of aromatic nitrogens is 3. The highest BCUT2D eigenvalue weighted by molar-refractivity contribution is 7.99. The van der Waals surface area contributed by atoms with E-state index in [4.69, 9.17) is 28.3 Å². The van der Waals surface area contributed by atoms with Crippen LogP contribution in [0.2, 0.25) is 0 Å². The summed E-state index contributed by atoms with van der Waals surface area (Å²) >= 11 is 3.27. The summed E-state index contributed by atoms with van der Waals surface area (Å²) in [6.45, 7) is 4.10. The maximum Gasteiger partial charge on any atom is 0.196 e. The molecule has 1 saturated heterocycles. The van der Waals surface area contributed by atoms with E-state index in [0.29, 0.717) is 35.4 Å². The molecule has 4 aromatic rings. The number of hydrogen-bond acceptors (Lipinski definition) is 10. The first kappa shape index (κ1) is 22.7. The molecule has 1 fully saturated rings. The monoisotopic (exact) mass is 514 g/mol. The predicted molar refractivity (Wildman–Crippen MR) is 134 cm³/mol. The number of rotatable bonds is 7. The second-order valence-electron chi connectivity index (χ2n) is 8.47. The van der Waals surface area contributed by atoms with Crippen molar-refractivity contribution in [2.24, 2.45) is 0 Å². The zero-order chi connectivity index (χ0) is 23.9. The second-order valence-corrected chi connectivity index (χ2v) is 10.7. The number of fused-ring (bicyclic) bond motifs is 2. The molecule has 1 N–H and O–H groups in total. The van der Waals surface area contributed by atoms with E-state index in [0.717, 1.165) is 48.0 Å². The molecule has 6 rings (SSSR count). The van der Waals surface area contributed by atoms with E-state index in [1.54, 1.807) is 25.6 Å². The predicted octanol–water partition coefficient (Wildman–Crippen LogP) is 5.12. The Hall–Kier alpha value is -2.73. The van der Waals surface area contributed by atoms with Crippen LogP contribution in [-0.2, 0) is 16.1 Å². The summed E-state index contributed by atoms with van der Waals surface area (Å²) in [6, 6.07) is 5.71. The Morgan fingerprint density at radius 2 is 2.03 bits per heavy atom. The van der Waals surface area contributed by atoms with Crippen LogP contribution in [-0.4, -0.2) is 47.6 Å². The zero-order valence-corrected chi connectivity index (χ0v) is 21.3. The van der Waals surface area contributed by atoms with Gasteiger partial charge in [-0.25, -0.2) is 14.6 Å².